The molecule has 3 nitrogen and oxygen atoms in total. The molecule has 1 fully saturated rings. The number of anilines is 1. The minimum absolute atomic E-state index is 0.0213. The van der Waals surface area contributed by atoms with E-state index in [4.69, 9.17) is 10.5 Å². The molecule has 2 unspecified atom stereocenters. The highest BCUT2D eigenvalue weighted by molar-refractivity contribution is 5.95. The van der Waals surface area contributed by atoms with Crippen molar-refractivity contribution in [2.45, 2.75) is 25.2 Å². The first-order chi connectivity index (χ1) is 9.72. The Balaban J connectivity index is 2.10. The van der Waals surface area contributed by atoms with E-state index in [1.807, 2.05) is 24.3 Å². The molecule has 0 aliphatic heterocycles. The molecule has 1 aliphatic carbocycles. The molecule has 0 radical (unpaired) electrons. The van der Waals surface area contributed by atoms with E-state index in [9.17, 15) is 4.79 Å². The van der Waals surface area contributed by atoms with Crippen LogP contribution < -0.4 is 5.73 Å². The lowest BCUT2D eigenvalue weighted by molar-refractivity contribution is -0.145. The SMILES string of the molecule is COC(=O)C1CCCC1c1ccc(N)c2ccccc12. The van der Waals surface area contributed by atoms with Crippen molar-refractivity contribution in [1.29, 1.82) is 0 Å². The molecule has 1 aliphatic rings. The average Bonchev–Trinajstić information content (AvgIpc) is 2.96. The van der Waals surface area contributed by atoms with Crippen molar-refractivity contribution in [2.75, 3.05) is 12.8 Å². The van der Waals surface area contributed by atoms with Crippen LogP contribution in [0.1, 0.15) is 30.7 Å². The number of carbonyl (C=O) groups is 1. The number of benzene rings is 2. The first kappa shape index (κ1) is 13.0. The molecule has 20 heavy (non-hydrogen) atoms. The summed E-state index contributed by atoms with van der Waals surface area (Å²) in [4.78, 5) is 12.0. The van der Waals surface area contributed by atoms with Gasteiger partial charge in [-0.25, -0.2) is 0 Å². The molecule has 1 saturated carbocycles. The lowest BCUT2D eigenvalue weighted by Crippen LogP contribution is -2.19. The summed E-state index contributed by atoms with van der Waals surface area (Å²) in [6.07, 6.45) is 3.02. The molecule has 3 rings (SSSR count). The smallest absolute Gasteiger partial charge is 0.309 e. The number of methoxy groups -OCH3 is 1. The number of ether oxygens (including phenoxy) is 1. The molecule has 0 aromatic heterocycles. The van der Waals surface area contributed by atoms with Gasteiger partial charge in [0.05, 0.1) is 13.0 Å². The number of hydrogen-bond donors (Lipinski definition) is 1. The highest BCUT2D eigenvalue weighted by Crippen LogP contribution is 2.43. The molecule has 2 N–H and O–H groups in total. The van der Waals surface area contributed by atoms with Crippen LogP contribution in [0, 0.1) is 5.92 Å². The first-order valence-electron chi connectivity index (χ1n) is 7.07. The molecular formula is C17H19NO2. The zero-order valence-electron chi connectivity index (χ0n) is 11.6. The summed E-state index contributed by atoms with van der Waals surface area (Å²) in [5.74, 6) is 0.133. The van der Waals surface area contributed by atoms with E-state index in [0.717, 1.165) is 35.7 Å². The van der Waals surface area contributed by atoms with Gasteiger partial charge in [-0.05, 0) is 35.8 Å². The Morgan fingerprint density at radius 3 is 2.65 bits per heavy atom. The van der Waals surface area contributed by atoms with Crippen LogP contribution >= 0.6 is 0 Å². The third kappa shape index (κ3) is 2.03. The van der Waals surface area contributed by atoms with Crippen LogP contribution in [0.15, 0.2) is 36.4 Å². The fraction of sp³-hybridized carbons (Fsp3) is 0.353. The van der Waals surface area contributed by atoms with Gasteiger partial charge in [-0.3, -0.25) is 4.79 Å². The van der Waals surface area contributed by atoms with E-state index in [1.165, 1.54) is 12.7 Å². The summed E-state index contributed by atoms with van der Waals surface area (Å²) in [7, 11) is 1.47. The maximum atomic E-state index is 12.0. The Kier molecular flexibility index (Phi) is 3.35. The second-order valence-electron chi connectivity index (χ2n) is 5.46. The maximum absolute atomic E-state index is 12.0. The van der Waals surface area contributed by atoms with Gasteiger partial charge in [0.2, 0.25) is 0 Å². The molecule has 0 spiro atoms. The predicted octanol–water partition coefficient (Wildman–Crippen LogP) is 3.48. The summed E-state index contributed by atoms with van der Waals surface area (Å²) in [5.41, 5.74) is 8.07. The number of nitrogens with two attached hydrogens (primary N) is 1. The number of carbonyl (C=O) groups excluding carboxylic acids is 1. The topological polar surface area (TPSA) is 52.3 Å². The molecule has 2 aromatic rings. The van der Waals surface area contributed by atoms with Gasteiger partial charge in [0.15, 0.2) is 0 Å². The van der Waals surface area contributed by atoms with E-state index in [1.54, 1.807) is 0 Å². The van der Waals surface area contributed by atoms with Gasteiger partial charge in [-0.15, -0.1) is 0 Å². The standard InChI is InChI=1S/C17H19NO2/c1-20-17(19)15-8-4-7-12(15)13-9-10-16(18)14-6-3-2-5-11(13)14/h2-3,5-6,9-10,12,15H,4,7-8,18H2,1H3. The van der Waals surface area contributed by atoms with E-state index in [0.29, 0.717) is 0 Å². The maximum Gasteiger partial charge on any atom is 0.309 e. The number of hydrogen-bond acceptors (Lipinski definition) is 3. The first-order valence-corrected chi connectivity index (χ1v) is 7.07. The van der Waals surface area contributed by atoms with Crippen molar-refractivity contribution < 1.29 is 9.53 Å². The second-order valence-corrected chi connectivity index (χ2v) is 5.46. The van der Waals surface area contributed by atoms with Crippen LogP contribution in [0.5, 0.6) is 0 Å². The molecule has 0 amide bonds. The molecule has 3 heteroatoms. The number of fused-ring (bicyclic) bond motifs is 1. The number of esters is 1. The fourth-order valence-electron chi connectivity index (χ4n) is 3.43. The van der Waals surface area contributed by atoms with Crippen molar-refractivity contribution in [2.24, 2.45) is 5.92 Å². The third-order valence-corrected chi connectivity index (χ3v) is 4.41. The number of rotatable bonds is 2. The van der Waals surface area contributed by atoms with Crippen LogP contribution in [0.4, 0.5) is 5.69 Å². The van der Waals surface area contributed by atoms with E-state index in [-0.39, 0.29) is 17.8 Å². The Bertz CT molecular complexity index is 650. The van der Waals surface area contributed by atoms with E-state index >= 15 is 0 Å². The van der Waals surface area contributed by atoms with Crippen molar-refractivity contribution >= 4 is 22.4 Å². The van der Waals surface area contributed by atoms with Gasteiger partial charge < -0.3 is 10.5 Å². The van der Waals surface area contributed by atoms with Crippen molar-refractivity contribution in [3.05, 3.63) is 42.0 Å². The third-order valence-electron chi connectivity index (χ3n) is 4.41. The van der Waals surface area contributed by atoms with Gasteiger partial charge in [0, 0.05) is 11.1 Å². The Labute approximate surface area is 118 Å². The van der Waals surface area contributed by atoms with Gasteiger partial charge in [0.25, 0.3) is 0 Å². The summed E-state index contributed by atoms with van der Waals surface area (Å²) >= 11 is 0. The van der Waals surface area contributed by atoms with Gasteiger partial charge >= 0.3 is 5.97 Å². The van der Waals surface area contributed by atoms with E-state index in [2.05, 4.69) is 12.1 Å². The lowest BCUT2D eigenvalue weighted by Gasteiger charge is -2.20. The zero-order valence-corrected chi connectivity index (χ0v) is 11.6. The molecule has 2 aromatic carbocycles. The molecule has 2 atom stereocenters. The van der Waals surface area contributed by atoms with Crippen LogP contribution in [-0.4, -0.2) is 13.1 Å². The van der Waals surface area contributed by atoms with E-state index < -0.39 is 0 Å². The highest BCUT2D eigenvalue weighted by atomic mass is 16.5. The Morgan fingerprint density at radius 2 is 1.90 bits per heavy atom. The van der Waals surface area contributed by atoms with Crippen LogP contribution in [0.2, 0.25) is 0 Å². The molecule has 0 heterocycles. The molecular weight excluding hydrogens is 250 g/mol. The average molecular weight is 269 g/mol. The minimum Gasteiger partial charge on any atom is -0.469 e. The zero-order chi connectivity index (χ0) is 14.1. The van der Waals surface area contributed by atoms with Crippen molar-refractivity contribution in [3.63, 3.8) is 0 Å². The van der Waals surface area contributed by atoms with Crippen molar-refractivity contribution in [3.8, 4) is 0 Å². The lowest BCUT2D eigenvalue weighted by atomic mass is 9.85. The Morgan fingerprint density at radius 1 is 1.15 bits per heavy atom. The number of nitrogen functional groups attached to an aromatic ring is 1. The highest BCUT2D eigenvalue weighted by Gasteiger charge is 2.35. The van der Waals surface area contributed by atoms with Crippen LogP contribution in [-0.2, 0) is 9.53 Å². The summed E-state index contributed by atoms with van der Waals surface area (Å²) < 4.78 is 4.96. The van der Waals surface area contributed by atoms with Gasteiger partial charge in [-0.1, -0.05) is 36.8 Å². The minimum atomic E-state index is -0.0894. The Hall–Kier alpha value is -2.03. The summed E-state index contributed by atoms with van der Waals surface area (Å²) in [5, 5.41) is 2.23. The van der Waals surface area contributed by atoms with Gasteiger partial charge in [-0.2, -0.15) is 0 Å². The molecule has 0 bridgehead atoms. The van der Waals surface area contributed by atoms with Crippen molar-refractivity contribution in [1.82, 2.24) is 0 Å². The monoisotopic (exact) mass is 269 g/mol. The molecule has 0 saturated heterocycles. The van der Waals surface area contributed by atoms with Crippen LogP contribution in [0.3, 0.4) is 0 Å². The second kappa shape index (κ2) is 5.16. The predicted molar refractivity (Wildman–Crippen MR) is 80.5 cm³/mol. The summed E-state index contributed by atoms with van der Waals surface area (Å²) in [6.45, 7) is 0. The van der Waals surface area contributed by atoms with Gasteiger partial charge in [0.1, 0.15) is 0 Å². The fourth-order valence-corrected chi connectivity index (χ4v) is 3.43. The normalized spacial score (nSPS) is 22.1. The quantitative estimate of drug-likeness (QED) is 0.670. The summed E-state index contributed by atoms with van der Waals surface area (Å²) in [6, 6.07) is 12.2. The molecule has 104 valence electrons. The van der Waals surface area contributed by atoms with Crippen LogP contribution in [0.25, 0.3) is 10.8 Å². The largest absolute Gasteiger partial charge is 0.469 e.